The maximum Gasteiger partial charge on any atom is 0.151 e. The minimum absolute atomic E-state index is 0.241. The fourth-order valence-electron chi connectivity index (χ4n) is 2.40. The SMILES string of the molecule is [2H]C([2H])(OC1=CCN(c2cc(Br)ncc2C)C(C)=C1)c1ncc(F)cc1F. The van der Waals surface area contributed by atoms with Crippen molar-refractivity contribution in [3.8, 4) is 0 Å². The van der Waals surface area contributed by atoms with Gasteiger partial charge in [0, 0.05) is 30.2 Å². The van der Waals surface area contributed by atoms with Crippen LogP contribution in [-0.2, 0) is 11.3 Å². The summed E-state index contributed by atoms with van der Waals surface area (Å²) in [4.78, 5) is 9.69. The largest absolute Gasteiger partial charge is 0.487 e. The van der Waals surface area contributed by atoms with Gasteiger partial charge in [0.05, 0.1) is 8.94 Å². The monoisotopic (exact) mass is 409 g/mol. The third-order valence-electron chi connectivity index (χ3n) is 3.66. The molecule has 2 aromatic rings. The highest BCUT2D eigenvalue weighted by atomic mass is 79.9. The molecule has 2 aromatic heterocycles. The Labute approximate surface area is 155 Å². The maximum absolute atomic E-state index is 13.9. The molecule has 0 radical (unpaired) electrons. The van der Waals surface area contributed by atoms with Crippen molar-refractivity contribution in [2.24, 2.45) is 0 Å². The Morgan fingerprint density at radius 3 is 2.80 bits per heavy atom. The van der Waals surface area contributed by atoms with Crippen LogP contribution in [-0.4, -0.2) is 16.5 Å². The van der Waals surface area contributed by atoms with Crippen LogP contribution in [0.5, 0.6) is 0 Å². The number of hydrogen-bond acceptors (Lipinski definition) is 4. The van der Waals surface area contributed by atoms with Gasteiger partial charge in [0.25, 0.3) is 0 Å². The zero-order valence-electron chi connectivity index (χ0n) is 15.6. The van der Waals surface area contributed by atoms with Crippen molar-refractivity contribution in [1.82, 2.24) is 9.97 Å². The van der Waals surface area contributed by atoms with Crippen molar-refractivity contribution in [2.75, 3.05) is 11.4 Å². The number of ether oxygens (including phenoxy) is 1. The second-order valence-corrected chi connectivity index (χ2v) is 6.30. The highest BCUT2D eigenvalue weighted by molar-refractivity contribution is 9.10. The molecule has 3 heterocycles. The average molecular weight is 410 g/mol. The predicted molar refractivity (Wildman–Crippen MR) is 94.8 cm³/mol. The van der Waals surface area contributed by atoms with Crippen LogP contribution in [0.15, 0.2) is 52.7 Å². The van der Waals surface area contributed by atoms with E-state index in [1.807, 2.05) is 24.8 Å². The molecule has 0 atom stereocenters. The number of pyridine rings is 2. The van der Waals surface area contributed by atoms with Gasteiger partial charge in [-0.3, -0.25) is 4.98 Å². The summed E-state index contributed by atoms with van der Waals surface area (Å²) < 4.78 is 48.9. The van der Waals surface area contributed by atoms with Gasteiger partial charge in [0.2, 0.25) is 0 Å². The van der Waals surface area contributed by atoms with Gasteiger partial charge in [-0.2, -0.15) is 0 Å². The number of nitrogens with zero attached hydrogens (tertiary/aromatic N) is 3. The van der Waals surface area contributed by atoms with Crippen LogP contribution < -0.4 is 4.90 Å². The summed E-state index contributed by atoms with van der Waals surface area (Å²) in [6, 6.07) is 2.47. The van der Waals surface area contributed by atoms with Crippen molar-refractivity contribution < 1.29 is 16.3 Å². The lowest BCUT2D eigenvalue weighted by Gasteiger charge is -2.29. The van der Waals surface area contributed by atoms with Gasteiger partial charge in [-0.1, -0.05) is 0 Å². The molecule has 0 unspecified atom stereocenters. The number of hydrogen-bond donors (Lipinski definition) is 0. The molecule has 1 aliphatic heterocycles. The Balaban J connectivity index is 1.82. The summed E-state index contributed by atoms with van der Waals surface area (Å²) in [6.45, 7) is 1.69. The Hall–Kier alpha value is -2.28. The van der Waals surface area contributed by atoms with E-state index in [1.165, 1.54) is 0 Å². The second-order valence-electron chi connectivity index (χ2n) is 5.48. The third kappa shape index (κ3) is 4.04. The second kappa shape index (κ2) is 7.31. The standard InChI is InChI=1S/C18H16BrF2N3O/c1-11-8-23-18(19)7-17(11)24-4-3-14(5-12(24)2)25-10-16-15(21)6-13(20)9-22-16/h3,5-9H,4,10H2,1-2H3/i10D2. The molecule has 0 aliphatic carbocycles. The molecule has 0 aromatic carbocycles. The Morgan fingerprint density at radius 1 is 1.28 bits per heavy atom. The van der Waals surface area contributed by atoms with Crippen LogP contribution in [0.4, 0.5) is 14.5 Å². The molecule has 0 saturated heterocycles. The van der Waals surface area contributed by atoms with E-state index in [0.29, 0.717) is 17.2 Å². The van der Waals surface area contributed by atoms with E-state index in [4.69, 9.17) is 7.48 Å². The molecule has 0 N–H and O–H groups in total. The summed E-state index contributed by atoms with van der Waals surface area (Å²) in [7, 11) is 0. The van der Waals surface area contributed by atoms with Crippen molar-refractivity contribution in [3.63, 3.8) is 0 Å². The quantitative estimate of drug-likeness (QED) is 0.688. The summed E-state index contributed by atoms with van der Waals surface area (Å²) in [6.07, 6.45) is 5.84. The minimum atomic E-state index is -2.54. The zero-order chi connectivity index (χ0) is 19.8. The van der Waals surface area contributed by atoms with E-state index in [1.54, 1.807) is 18.3 Å². The molecule has 0 bridgehead atoms. The fourth-order valence-corrected chi connectivity index (χ4v) is 2.72. The predicted octanol–water partition coefficient (Wildman–Crippen LogP) is 4.65. The average Bonchev–Trinajstić information content (AvgIpc) is 2.57. The fraction of sp³-hybridized carbons (Fsp3) is 0.222. The molecule has 130 valence electrons. The maximum atomic E-state index is 13.9. The van der Waals surface area contributed by atoms with E-state index in [0.717, 1.165) is 23.1 Å². The lowest BCUT2D eigenvalue weighted by atomic mass is 10.1. The number of rotatable bonds is 4. The van der Waals surface area contributed by atoms with E-state index < -0.39 is 23.9 Å². The minimum Gasteiger partial charge on any atom is -0.487 e. The molecule has 25 heavy (non-hydrogen) atoms. The van der Waals surface area contributed by atoms with Crippen LogP contribution in [0, 0.1) is 18.6 Å². The first-order chi connectivity index (χ1) is 12.7. The lowest BCUT2D eigenvalue weighted by Crippen LogP contribution is -2.25. The van der Waals surface area contributed by atoms with Crippen molar-refractivity contribution in [3.05, 3.63) is 75.6 Å². The number of aryl methyl sites for hydroxylation is 1. The van der Waals surface area contributed by atoms with Gasteiger partial charge in [-0.05, 0) is 53.6 Å². The van der Waals surface area contributed by atoms with Crippen LogP contribution in [0.3, 0.4) is 0 Å². The zero-order valence-corrected chi connectivity index (χ0v) is 15.1. The van der Waals surface area contributed by atoms with Crippen LogP contribution in [0.25, 0.3) is 0 Å². The highest BCUT2D eigenvalue weighted by Gasteiger charge is 2.16. The number of anilines is 1. The molecule has 1 aliphatic rings. The molecular weight excluding hydrogens is 392 g/mol. The number of allylic oxidation sites excluding steroid dienone is 2. The van der Waals surface area contributed by atoms with Gasteiger partial charge >= 0.3 is 0 Å². The van der Waals surface area contributed by atoms with Crippen molar-refractivity contribution in [2.45, 2.75) is 20.4 Å². The van der Waals surface area contributed by atoms with Crippen molar-refractivity contribution in [1.29, 1.82) is 0 Å². The first-order valence-corrected chi connectivity index (χ1v) is 8.25. The molecular formula is C18H16BrF2N3O. The Bertz CT molecular complexity index is 950. The topological polar surface area (TPSA) is 38.2 Å². The molecule has 0 amide bonds. The van der Waals surface area contributed by atoms with Gasteiger partial charge in [-0.25, -0.2) is 13.8 Å². The van der Waals surface area contributed by atoms with E-state index in [2.05, 4.69) is 25.9 Å². The number of aromatic nitrogens is 2. The van der Waals surface area contributed by atoms with E-state index in [9.17, 15) is 8.78 Å². The molecule has 4 nitrogen and oxygen atoms in total. The van der Waals surface area contributed by atoms with Crippen LogP contribution in [0.2, 0.25) is 0 Å². The smallest absolute Gasteiger partial charge is 0.151 e. The summed E-state index contributed by atoms with van der Waals surface area (Å²) >= 11 is 3.36. The van der Waals surface area contributed by atoms with Crippen LogP contribution >= 0.6 is 15.9 Å². The molecule has 0 fully saturated rings. The molecule has 0 saturated carbocycles. The molecule has 7 heteroatoms. The third-order valence-corrected chi connectivity index (χ3v) is 4.09. The molecule has 3 rings (SSSR count). The van der Waals surface area contributed by atoms with Gasteiger partial charge in [0.1, 0.15) is 28.4 Å². The lowest BCUT2D eigenvalue weighted by molar-refractivity contribution is 0.201. The van der Waals surface area contributed by atoms with Crippen molar-refractivity contribution >= 4 is 21.6 Å². The highest BCUT2D eigenvalue weighted by Crippen LogP contribution is 2.28. The van der Waals surface area contributed by atoms with E-state index in [-0.39, 0.29) is 5.76 Å². The van der Waals surface area contributed by atoms with Gasteiger partial charge in [-0.15, -0.1) is 0 Å². The summed E-state index contributed by atoms with van der Waals surface area (Å²) in [5.74, 6) is -1.74. The summed E-state index contributed by atoms with van der Waals surface area (Å²) in [5.41, 5.74) is 2.15. The Kier molecular flexibility index (Phi) is 4.39. The first kappa shape index (κ1) is 15.0. The molecule has 0 spiro atoms. The normalized spacial score (nSPS) is 16.0. The van der Waals surface area contributed by atoms with Gasteiger partial charge in [0.15, 0.2) is 5.82 Å². The number of halogens is 3. The van der Waals surface area contributed by atoms with Gasteiger partial charge < -0.3 is 9.64 Å². The van der Waals surface area contributed by atoms with E-state index >= 15 is 0 Å². The first-order valence-electron chi connectivity index (χ1n) is 8.46. The van der Waals surface area contributed by atoms with Crippen LogP contribution in [0.1, 0.15) is 20.9 Å². The summed E-state index contributed by atoms with van der Waals surface area (Å²) in [5, 5.41) is 0. The Morgan fingerprint density at radius 2 is 2.08 bits per heavy atom.